The molecular weight excluding hydrogens is 236 g/mol. The Kier molecular flexibility index (Phi) is 3.45. The molecule has 2 aromatic rings. The van der Waals surface area contributed by atoms with Gasteiger partial charge >= 0.3 is 0 Å². The molecule has 0 bridgehead atoms. The van der Waals surface area contributed by atoms with Crippen molar-refractivity contribution >= 4 is 11.4 Å². The predicted octanol–water partition coefficient (Wildman–Crippen LogP) is 4.05. The Morgan fingerprint density at radius 2 is 2.05 bits per heavy atom. The molecule has 3 nitrogen and oxygen atoms in total. The van der Waals surface area contributed by atoms with Crippen LogP contribution in [-0.4, -0.2) is 13.1 Å². The summed E-state index contributed by atoms with van der Waals surface area (Å²) in [6.07, 6.45) is 6.13. The molecule has 1 aliphatic heterocycles. The van der Waals surface area contributed by atoms with Crippen molar-refractivity contribution in [3.8, 4) is 0 Å². The maximum atomic E-state index is 5.13. The molecule has 1 atom stereocenters. The standard InChI is InChI=1S/C16H20N2O/c1-13(14-7-10-19-12-14)17-15-5-4-6-16(11-15)18-8-2-3-9-18/h4-7,10-13,17H,2-3,8-9H2,1H3. The molecule has 1 unspecified atom stereocenters. The molecule has 19 heavy (non-hydrogen) atoms. The summed E-state index contributed by atoms with van der Waals surface area (Å²) in [5.41, 5.74) is 3.66. The third-order valence-corrected chi connectivity index (χ3v) is 3.74. The number of anilines is 2. The highest BCUT2D eigenvalue weighted by atomic mass is 16.3. The van der Waals surface area contributed by atoms with E-state index in [9.17, 15) is 0 Å². The molecule has 0 amide bonds. The highest BCUT2D eigenvalue weighted by Crippen LogP contribution is 2.26. The zero-order chi connectivity index (χ0) is 13.1. The van der Waals surface area contributed by atoms with Crippen LogP contribution in [0, 0.1) is 0 Å². The van der Waals surface area contributed by atoms with E-state index < -0.39 is 0 Å². The maximum Gasteiger partial charge on any atom is 0.0955 e. The summed E-state index contributed by atoms with van der Waals surface area (Å²) in [4.78, 5) is 2.45. The number of furan rings is 1. The summed E-state index contributed by atoms with van der Waals surface area (Å²) in [5, 5.41) is 3.52. The Morgan fingerprint density at radius 1 is 1.21 bits per heavy atom. The molecule has 1 aromatic heterocycles. The first-order valence-electron chi connectivity index (χ1n) is 6.96. The molecular formula is C16H20N2O. The SMILES string of the molecule is CC(Nc1cccc(N2CCCC2)c1)c1ccoc1. The van der Waals surface area contributed by atoms with E-state index in [2.05, 4.69) is 41.4 Å². The number of hydrogen-bond acceptors (Lipinski definition) is 3. The van der Waals surface area contributed by atoms with Gasteiger partial charge in [0, 0.05) is 30.0 Å². The molecule has 1 saturated heterocycles. The van der Waals surface area contributed by atoms with Gasteiger partial charge in [0.15, 0.2) is 0 Å². The fraction of sp³-hybridized carbons (Fsp3) is 0.375. The predicted molar refractivity (Wildman–Crippen MR) is 78.6 cm³/mol. The summed E-state index contributed by atoms with van der Waals surface area (Å²) < 4.78 is 5.13. The second-order valence-electron chi connectivity index (χ2n) is 5.17. The lowest BCUT2D eigenvalue weighted by Crippen LogP contribution is -2.17. The average Bonchev–Trinajstić information content (AvgIpc) is 3.13. The van der Waals surface area contributed by atoms with Crippen molar-refractivity contribution in [1.82, 2.24) is 0 Å². The van der Waals surface area contributed by atoms with Crippen LogP contribution >= 0.6 is 0 Å². The Balaban J connectivity index is 1.72. The zero-order valence-corrected chi connectivity index (χ0v) is 11.3. The molecule has 1 aromatic carbocycles. The lowest BCUT2D eigenvalue weighted by atomic mass is 10.1. The van der Waals surface area contributed by atoms with Crippen molar-refractivity contribution in [3.05, 3.63) is 48.4 Å². The first kappa shape index (κ1) is 12.2. The van der Waals surface area contributed by atoms with Crippen LogP contribution in [0.1, 0.15) is 31.4 Å². The van der Waals surface area contributed by atoms with Gasteiger partial charge in [0.05, 0.1) is 18.6 Å². The normalized spacial score (nSPS) is 16.6. The first-order valence-corrected chi connectivity index (χ1v) is 6.96. The van der Waals surface area contributed by atoms with Gasteiger partial charge in [0.2, 0.25) is 0 Å². The van der Waals surface area contributed by atoms with Gasteiger partial charge in [0.25, 0.3) is 0 Å². The van der Waals surface area contributed by atoms with Crippen LogP contribution < -0.4 is 10.2 Å². The van der Waals surface area contributed by atoms with Crippen LogP contribution in [0.4, 0.5) is 11.4 Å². The van der Waals surface area contributed by atoms with E-state index >= 15 is 0 Å². The van der Waals surface area contributed by atoms with Crippen molar-refractivity contribution < 1.29 is 4.42 Å². The van der Waals surface area contributed by atoms with Crippen molar-refractivity contribution in [2.45, 2.75) is 25.8 Å². The molecule has 1 N–H and O–H groups in total. The lowest BCUT2D eigenvalue weighted by Gasteiger charge is -2.20. The second-order valence-corrected chi connectivity index (χ2v) is 5.17. The highest BCUT2D eigenvalue weighted by molar-refractivity contribution is 5.59. The quantitative estimate of drug-likeness (QED) is 0.894. The van der Waals surface area contributed by atoms with E-state index in [0.717, 1.165) is 5.69 Å². The smallest absolute Gasteiger partial charge is 0.0955 e. The molecule has 0 aliphatic carbocycles. The molecule has 3 heteroatoms. The monoisotopic (exact) mass is 256 g/mol. The van der Waals surface area contributed by atoms with E-state index in [0.29, 0.717) is 0 Å². The third kappa shape index (κ3) is 2.75. The van der Waals surface area contributed by atoms with Crippen molar-refractivity contribution in [2.75, 3.05) is 23.3 Å². The fourth-order valence-electron chi connectivity index (χ4n) is 2.62. The largest absolute Gasteiger partial charge is 0.472 e. The van der Waals surface area contributed by atoms with E-state index in [1.165, 1.54) is 37.2 Å². The van der Waals surface area contributed by atoms with E-state index in [4.69, 9.17) is 4.42 Å². The zero-order valence-electron chi connectivity index (χ0n) is 11.3. The fourth-order valence-corrected chi connectivity index (χ4v) is 2.62. The summed E-state index contributed by atoms with van der Waals surface area (Å²) in [5.74, 6) is 0. The molecule has 3 rings (SSSR count). The third-order valence-electron chi connectivity index (χ3n) is 3.74. The van der Waals surface area contributed by atoms with Crippen molar-refractivity contribution in [2.24, 2.45) is 0 Å². The van der Waals surface area contributed by atoms with Gasteiger partial charge in [-0.25, -0.2) is 0 Å². The summed E-state index contributed by atoms with van der Waals surface area (Å²) >= 11 is 0. The highest BCUT2D eigenvalue weighted by Gasteiger charge is 2.13. The topological polar surface area (TPSA) is 28.4 Å². The van der Waals surface area contributed by atoms with Crippen LogP contribution in [0.2, 0.25) is 0 Å². The molecule has 1 fully saturated rings. The number of nitrogens with one attached hydrogen (secondary N) is 1. The van der Waals surface area contributed by atoms with Gasteiger partial charge in [-0.05, 0) is 44.0 Å². The number of hydrogen-bond donors (Lipinski definition) is 1. The molecule has 0 spiro atoms. The molecule has 2 heterocycles. The summed E-state index contributed by atoms with van der Waals surface area (Å²) in [7, 11) is 0. The van der Waals surface area contributed by atoms with E-state index in [1.807, 2.05) is 6.07 Å². The number of rotatable bonds is 4. The summed E-state index contributed by atoms with van der Waals surface area (Å²) in [6, 6.07) is 10.9. The minimum atomic E-state index is 0.257. The van der Waals surface area contributed by atoms with Crippen molar-refractivity contribution in [3.63, 3.8) is 0 Å². The minimum Gasteiger partial charge on any atom is -0.472 e. The van der Waals surface area contributed by atoms with Crippen LogP contribution in [0.15, 0.2) is 47.3 Å². The van der Waals surface area contributed by atoms with Gasteiger partial charge in [0.1, 0.15) is 0 Å². The minimum absolute atomic E-state index is 0.257. The lowest BCUT2D eigenvalue weighted by molar-refractivity contribution is 0.562. The van der Waals surface area contributed by atoms with Crippen LogP contribution in [0.25, 0.3) is 0 Å². The molecule has 0 radical (unpaired) electrons. The van der Waals surface area contributed by atoms with Gasteiger partial charge in [-0.2, -0.15) is 0 Å². The molecule has 100 valence electrons. The Labute approximate surface area is 114 Å². The van der Waals surface area contributed by atoms with E-state index in [-0.39, 0.29) is 6.04 Å². The van der Waals surface area contributed by atoms with Crippen LogP contribution in [-0.2, 0) is 0 Å². The maximum absolute atomic E-state index is 5.13. The van der Waals surface area contributed by atoms with Crippen LogP contribution in [0.3, 0.4) is 0 Å². The molecule has 0 saturated carbocycles. The van der Waals surface area contributed by atoms with Gasteiger partial charge in [-0.15, -0.1) is 0 Å². The second kappa shape index (κ2) is 5.39. The Morgan fingerprint density at radius 3 is 2.79 bits per heavy atom. The van der Waals surface area contributed by atoms with Gasteiger partial charge in [-0.3, -0.25) is 0 Å². The van der Waals surface area contributed by atoms with Crippen LogP contribution in [0.5, 0.6) is 0 Å². The number of nitrogens with zero attached hydrogens (tertiary/aromatic N) is 1. The van der Waals surface area contributed by atoms with Gasteiger partial charge in [-0.1, -0.05) is 6.07 Å². The Hall–Kier alpha value is -1.90. The number of benzene rings is 1. The van der Waals surface area contributed by atoms with Gasteiger partial charge < -0.3 is 14.6 Å². The summed E-state index contributed by atoms with van der Waals surface area (Å²) in [6.45, 7) is 4.51. The Bertz CT molecular complexity index is 515. The molecule has 1 aliphatic rings. The first-order chi connectivity index (χ1) is 9.33. The van der Waals surface area contributed by atoms with Crippen molar-refractivity contribution in [1.29, 1.82) is 0 Å². The average molecular weight is 256 g/mol. The van der Waals surface area contributed by atoms with E-state index in [1.54, 1.807) is 12.5 Å².